The number of ether oxygens (including phenoxy) is 1. The number of amides is 1. The number of hydrogen-bond donors (Lipinski definition) is 2. The van der Waals surface area contributed by atoms with Crippen molar-refractivity contribution in [3.05, 3.63) is 22.5 Å². The predicted octanol–water partition coefficient (Wildman–Crippen LogP) is 0.449. The molecule has 1 aliphatic rings. The van der Waals surface area contributed by atoms with Crippen LogP contribution in [0.15, 0.2) is 0 Å². The van der Waals surface area contributed by atoms with Gasteiger partial charge in [0.15, 0.2) is 5.69 Å². The summed E-state index contributed by atoms with van der Waals surface area (Å²) in [6, 6.07) is 0. The third-order valence-electron chi connectivity index (χ3n) is 3.59. The van der Waals surface area contributed by atoms with Crippen molar-refractivity contribution in [1.82, 2.24) is 9.58 Å². The van der Waals surface area contributed by atoms with Crippen molar-refractivity contribution in [1.29, 1.82) is 0 Å². The Morgan fingerprint density at radius 3 is 2.30 bits per heavy atom. The number of aromatic nitrogens is 1. The lowest BCUT2D eigenvalue weighted by molar-refractivity contribution is 0.0302. The molecule has 1 aromatic heterocycles. The van der Waals surface area contributed by atoms with Crippen molar-refractivity contribution in [2.75, 3.05) is 38.8 Å². The van der Waals surface area contributed by atoms with Gasteiger partial charge >= 0.3 is 5.97 Å². The fraction of sp³-hybridized carbons (Fsp3) is 0.538. The molecule has 7 heteroatoms. The fourth-order valence-corrected chi connectivity index (χ4v) is 2.61. The summed E-state index contributed by atoms with van der Waals surface area (Å²) in [5, 5.41) is 9.30. The standard InChI is InChI=1S/C13H19N3O4/c1-8-10(12(17)15-4-6-20-7-5-15)9(2)16(14-3)11(8)13(18)19/h14H,4-7H2,1-3H3,(H,18,19). The van der Waals surface area contributed by atoms with E-state index in [1.54, 1.807) is 25.8 Å². The molecule has 0 unspecified atom stereocenters. The third-order valence-corrected chi connectivity index (χ3v) is 3.59. The predicted molar refractivity (Wildman–Crippen MR) is 72.9 cm³/mol. The first-order valence-electron chi connectivity index (χ1n) is 6.49. The number of carboxylic acid groups (broad SMARTS) is 1. The lowest BCUT2D eigenvalue weighted by atomic mass is 10.1. The van der Waals surface area contributed by atoms with Crippen LogP contribution in [0.2, 0.25) is 0 Å². The molecule has 0 aliphatic carbocycles. The van der Waals surface area contributed by atoms with Crippen LogP contribution in [0.4, 0.5) is 0 Å². The zero-order valence-corrected chi connectivity index (χ0v) is 11.9. The lowest BCUT2D eigenvalue weighted by Crippen LogP contribution is -2.41. The maximum Gasteiger partial charge on any atom is 0.354 e. The molecule has 110 valence electrons. The lowest BCUT2D eigenvalue weighted by Gasteiger charge is -2.27. The van der Waals surface area contributed by atoms with Gasteiger partial charge in [0.1, 0.15) is 0 Å². The number of aromatic carboxylic acids is 1. The van der Waals surface area contributed by atoms with Crippen molar-refractivity contribution < 1.29 is 19.4 Å². The van der Waals surface area contributed by atoms with Gasteiger partial charge in [0, 0.05) is 20.1 Å². The van der Waals surface area contributed by atoms with E-state index >= 15 is 0 Å². The molecule has 1 saturated heterocycles. The van der Waals surface area contributed by atoms with E-state index in [0.29, 0.717) is 43.1 Å². The molecule has 7 nitrogen and oxygen atoms in total. The van der Waals surface area contributed by atoms with Crippen LogP contribution in [-0.2, 0) is 4.74 Å². The monoisotopic (exact) mass is 281 g/mol. The summed E-state index contributed by atoms with van der Waals surface area (Å²) in [6.45, 7) is 5.50. The Hall–Kier alpha value is -2.02. The van der Waals surface area contributed by atoms with E-state index in [4.69, 9.17) is 4.74 Å². The summed E-state index contributed by atoms with van der Waals surface area (Å²) in [6.07, 6.45) is 0. The Morgan fingerprint density at radius 1 is 1.25 bits per heavy atom. The zero-order chi connectivity index (χ0) is 14.9. The number of carboxylic acids is 1. The van der Waals surface area contributed by atoms with E-state index in [0.717, 1.165) is 0 Å². The molecule has 20 heavy (non-hydrogen) atoms. The van der Waals surface area contributed by atoms with Crippen molar-refractivity contribution in [3.63, 3.8) is 0 Å². The number of rotatable bonds is 3. The van der Waals surface area contributed by atoms with Crippen LogP contribution >= 0.6 is 0 Å². The molecule has 0 bridgehead atoms. The molecule has 1 fully saturated rings. The molecule has 0 spiro atoms. The van der Waals surface area contributed by atoms with Crippen LogP contribution in [0.5, 0.6) is 0 Å². The van der Waals surface area contributed by atoms with Crippen molar-refractivity contribution >= 4 is 11.9 Å². The van der Waals surface area contributed by atoms with E-state index in [1.165, 1.54) is 4.68 Å². The fourth-order valence-electron chi connectivity index (χ4n) is 2.61. The molecule has 2 N–H and O–H groups in total. The molecule has 1 amide bonds. The van der Waals surface area contributed by atoms with Gasteiger partial charge in [-0.1, -0.05) is 0 Å². The smallest absolute Gasteiger partial charge is 0.354 e. The highest BCUT2D eigenvalue weighted by Gasteiger charge is 2.29. The van der Waals surface area contributed by atoms with Crippen LogP contribution in [-0.4, -0.2) is 59.9 Å². The Labute approximate surface area is 117 Å². The second kappa shape index (κ2) is 5.54. The average molecular weight is 281 g/mol. The molecule has 0 saturated carbocycles. The quantitative estimate of drug-likeness (QED) is 0.840. The van der Waals surface area contributed by atoms with Crippen molar-refractivity contribution in [2.45, 2.75) is 13.8 Å². The van der Waals surface area contributed by atoms with Gasteiger partial charge < -0.3 is 20.2 Å². The molecular weight excluding hydrogens is 262 g/mol. The second-order valence-electron chi connectivity index (χ2n) is 4.70. The highest BCUT2D eigenvalue weighted by Crippen LogP contribution is 2.23. The van der Waals surface area contributed by atoms with Crippen LogP contribution in [0.1, 0.15) is 32.1 Å². The third kappa shape index (κ3) is 2.24. The summed E-state index contributed by atoms with van der Waals surface area (Å²) in [5.74, 6) is -1.19. The Kier molecular flexibility index (Phi) is 3.99. The number of morpholine rings is 1. The van der Waals surface area contributed by atoms with E-state index in [2.05, 4.69) is 5.43 Å². The molecular formula is C13H19N3O4. The summed E-state index contributed by atoms with van der Waals surface area (Å²) in [7, 11) is 1.63. The molecule has 0 atom stereocenters. The SMILES string of the molecule is CNn1c(C)c(C(=O)N2CCOCC2)c(C)c1C(=O)O. The minimum Gasteiger partial charge on any atom is -0.477 e. The number of hydrogen-bond acceptors (Lipinski definition) is 4. The van der Waals surface area contributed by atoms with E-state index in [-0.39, 0.29) is 11.6 Å². The van der Waals surface area contributed by atoms with Crippen LogP contribution in [0, 0.1) is 13.8 Å². The van der Waals surface area contributed by atoms with Crippen molar-refractivity contribution in [3.8, 4) is 0 Å². The normalized spacial score (nSPS) is 15.2. The van der Waals surface area contributed by atoms with E-state index in [1.807, 2.05) is 0 Å². The highest BCUT2D eigenvalue weighted by atomic mass is 16.5. The largest absolute Gasteiger partial charge is 0.477 e. The highest BCUT2D eigenvalue weighted by molar-refractivity contribution is 6.01. The minimum atomic E-state index is -1.05. The molecule has 2 heterocycles. The molecule has 1 aliphatic heterocycles. The van der Waals surface area contributed by atoms with Gasteiger partial charge in [0.05, 0.1) is 24.5 Å². The maximum atomic E-state index is 12.6. The molecule has 0 aromatic carbocycles. The van der Waals surface area contributed by atoms with Gasteiger partial charge in [-0.05, 0) is 19.4 Å². The minimum absolute atomic E-state index is 0.0987. The summed E-state index contributed by atoms with van der Waals surface area (Å²) < 4.78 is 6.66. The number of nitrogens with one attached hydrogen (secondary N) is 1. The van der Waals surface area contributed by atoms with Gasteiger partial charge in [0.2, 0.25) is 0 Å². The first-order chi connectivity index (χ1) is 9.49. The van der Waals surface area contributed by atoms with Crippen LogP contribution in [0.3, 0.4) is 0 Å². The van der Waals surface area contributed by atoms with Crippen molar-refractivity contribution in [2.24, 2.45) is 0 Å². The van der Waals surface area contributed by atoms with Gasteiger partial charge in [-0.15, -0.1) is 0 Å². The van der Waals surface area contributed by atoms with Crippen LogP contribution in [0.25, 0.3) is 0 Å². The summed E-state index contributed by atoms with van der Waals surface area (Å²) >= 11 is 0. The summed E-state index contributed by atoms with van der Waals surface area (Å²) in [5.41, 5.74) is 4.46. The Balaban J connectivity index is 2.46. The maximum absolute atomic E-state index is 12.6. The first kappa shape index (κ1) is 14.4. The molecule has 1 aromatic rings. The molecule has 2 rings (SSSR count). The number of carbonyl (C=O) groups is 2. The van der Waals surface area contributed by atoms with Gasteiger partial charge in [-0.3, -0.25) is 9.47 Å². The first-order valence-corrected chi connectivity index (χ1v) is 6.49. The van der Waals surface area contributed by atoms with E-state index in [9.17, 15) is 14.7 Å². The van der Waals surface area contributed by atoms with E-state index < -0.39 is 5.97 Å². The topological polar surface area (TPSA) is 83.8 Å². The number of carbonyl (C=O) groups excluding carboxylic acids is 1. The zero-order valence-electron chi connectivity index (χ0n) is 11.9. The van der Waals surface area contributed by atoms with Gasteiger partial charge in [-0.25, -0.2) is 4.79 Å². The Bertz CT molecular complexity index is 544. The molecule has 0 radical (unpaired) electrons. The average Bonchev–Trinajstić information content (AvgIpc) is 2.69. The summed E-state index contributed by atoms with van der Waals surface area (Å²) in [4.78, 5) is 25.6. The van der Waals surface area contributed by atoms with Gasteiger partial charge in [0.25, 0.3) is 5.91 Å². The van der Waals surface area contributed by atoms with Crippen LogP contribution < -0.4 is 5.43 Å². The number of nitrogens with zero attached hydrogens (tertiary/aromatic N) is 2. The Morgan fingerprint density at radius 2 is 1.85 bits per heavy atom. The second-order valence-corrected chi connectivity index (χ2v) is 4.70. The van der Waals surface area contributed by atoms with Gasteiger partial charge in [-0.2, -0.15) is 0 Å².